The highest BCUT2D eigenvalue weighted by atomic mass is 32.1. The monoisotopic (exact) mass is 474 g/mol. The molecule has 0 saturated carbocycles. The van der Waals surface area contributed by atoms with E-state index in [-0.39, 0.29) is 25.4 Å². The number of nitrogens with zero attached hydrogens (tertiary/aromatic N) is 2. The molecule has 0 aliphatic carbocycles. The fourth-order valence-electron chi connectivity index (χ4n) is 3.83. The van der Waals surface area contributed by atoms with Crippen LogP contribution in [0.25, 0.3) is 10.4 Å². The largest absolute Gasteiger partial charge is 0.436 e. The van der Waals surface area contributed by atoms with Gasteiger partial charge < -0.3 is 25.8 Å². The molecule has 2 heterocycles. The third-order valence-electron chi connectivity index (χ3n) is 5.54. The van der Waals surface area contributed by atoms with Gasteiger partial charge in [-0.05, 0) is 18.1 Å². The number of thiazole rings is 1. The molecule has 1 aromatic carbocycles. The van der Waals surface area contributed by atoms with Gasteiger partial charge in [-0.15, -0.1) is 11.3 Å². The van der Waals surface area contributed by atoms with Gasteiger partial charge in [0.25, 0.3) is 5.91 Å². The van der Waals surface area contributed by atoms with Crippen LogP contribution in [0.3, 0.4) is 0 Å². The smallest absolute Gasteiger partial charge is 0.405 e. The molecular formula is C23H30N4O5S. The van der Waals surface area contributed by atoms with Crippen LogP contribution in [0.2, 0.25) is 0 Å². The van der Waals surface area contributed by atoms with E-state index in [0.29, 0.717) is 0 Å². The van der Waals surface area contributed by atoms with Crippen molar-refractivity contribution in [3.8, 4) is 10.4 Å². The quantitative estimate of drug-likeness (QED) is 0.587. The van der Waals surface area contributed by atoms with Crippen molar-refractivity contribution in [2.24, 2.45) is 11.1 Å². The summed E-state index contributed by atoms with van der Waals surface area (Å²) in [6.07, 6.45) is -2.98. The topological polar surface area (TPSA) is 135 Å². The zero-order valence-corrected chi connectivity index (χ0v) is 20.0. The number of nitrogens with one attached hydrogen (secondary N) is 1. The first-order valence-corrected chi connectivity index (χ1v) is 11.6. The molecule has 33 heavy (non-hydrogen) atoms. The van der Waals surface area contributed by atoms with Gasteiger partial charge in [-0.1, -0.05) is 45.0 Å². The number of hydrogen-bond acceptors (Lipinski definition) is 7. The van der Waals surface area contributed by atoms with E-state index in [1.54, 1.807) is 37.6 Å². The van der Waals surface area contributed by atoms with Crippen molar-refractivity contribution in [2.45, 2.75) is 58.9 Å². The number of aliphatic hydroxyl groups excluding tert-OH is 1. The van der Waals surface area contributed by atoms with E-state index >= 15 is 0 Å². The molecule has 1 saturated heterocycles. The van der Waals surface area contributed by atoms with E-state index in [2.05, 4.69) is 10.3 Å². The summed E-state index contributed by atoms with van der Waals surface area (Å²) in [7, 11) is 0. The number of rotatable bonds is 6. The number of nitrogens with two attached hydrogens (primary N) is 1. The van der Waals surface area contributed by atoms with Crippen LogP contribution in [0.5, 0.6) is 0 Å². The van der Waals surface area contributed by atoms with E-state index in [9.17, 15) is 19.5 Å². The Hall–Kier alpha value is -2.98. The third kappa shape index (κ3) is 5.88. The summed E-state index contributed by atoms with van der Waals surface area (Å²) in [6.45, 7) is 7.42. The Labute approximate surface area is 196 Å². The summed E-state index contributed by atoms with van der Waals surface area (Å²) < 4.78 is 5.06. The normalized spacial score (nSPS) is 19.2. The van der Waals surface area contributed by atoms with E-state index in [1.165, 1.54) is 4.90 Å². The number of likely N-dealkylation sites (tertiary alicyclic amines) is 1. The average Bonchev–Trinajstić information content (AvgIpc) is 3.35. The lowest BCUT2D eigenvalue weighted by molar-refractivity contribution is -0.150. The van der Waals surface area contributed by atoms with Crippen molar-refractivity contribution in [2.75, 3.05) is 6.54 Å². The highest BCUT2D eigenvalue weighted by Crippen LogP contribution is 2.29. The molecule has 9 nitrogen and oxygen atoms in total. The van der Waals surface area contributed by atoms with Gasteiger partial charge in [-0.25, -0.2) is 9.78 Å². The second-order valence-corrected chi connectivity index (χ2v) is 10.1. The van der Waals surface area contributed by atoms with Crippen LogP contribution in [0.1, 0.15) is 38.4 Å². The summed E-state index contributed by atoms with van der Waals surface area (Å²) in [5.41, 5.74) is 9.14. The number of primary amides is 1. The first kappa shape index (κ1) is 24.7. The molecule has 178 valence electrons. The predicted octanol–water partition coefficient (Wildman–Crippen LogP) is 2.21. The number of aliphatic hydroxyl groups is 1. The maximum Gasteiger partial charge on any atom is 0.405 e. The molecule has 3 atom stereocenters. The highest BCUT2D eigenvalue weighted by Gasteiger charge is 2.45. The molecule has 3 rings (SSSR count). The molecule has 1 fully saturated rings. The van der Waals surface area contributed by atoms with Gasteiger partial charge in [0.15, 0.2) is 6.10 Å². The van der Waals surface area contributed by atoms with Crippen molar-refractivity contribution in [3.05, 3.63) is 41.0 Å². The lowest BCUT2D eigenvalue weighted by Gasteiger charge is -2.33. The molecule has 3 amide bonds. The van der Waals surface area contributed by atoms with Gasteiger partial charge in [0.05, 0.1) is 22.2 Å². The molecule has 1 aliphatic heterocycles. The number of amides is 3. The molecule has 1 unspecified atom stereocenters. The Morgan fingerprint density at radius 2 is 1.97 bits per heavy atom. The minimum Gasteiger partial charge on any atom is -0.436 e. The molecule has 0 radical (unpaired) electrons. The Kier molecular flexibility index (Phi) is 7.38. The summed E-state index contributed by atoms with van der Waals surface area (Å²) in [5.74, 6) is -0.934. The predicted molar refractivity (Wildman–Crippen MR) is 124 cm³/mol. The van der Waals surface area contributed by atoms with Crippen LogP contribution in [0, 0.1) is 12.3 Å². The molecule has 10 heteroatoms. The van der Waals surface area contributed by atoms with E-state index in [0.717, 1.165) is 21.7 Å². The lowest BCUT2D eigenvalue weighted by atomic mass is 9.88. The minimum atomic E-state index is -1.17. The zero-order valence-electron chi connectivity index (χ0n) is 19.2. The first-order valence-electron chi connectivity index (χ1n) is 10.7. The second-order valence-electron chi connectivity index (χ2n) is 9.26. The van der Waals surface area contributed by atoms with Crippen LogP contribution in [-0.2, 0) is 20.9 Å². The first-order chi connectivity index (χ1) is 15.5. The van der Waals surface area contributed by atoms with Gasteiger partial charge in [0.2, 0.25) is 5.91 Å². The van der Waals surface area contributed by atoms with Crippen molar-refractivity contribution in [1.29, 1.82) is 0 Å². The maximum atomic E-state index is 13.1. The number of benzene rings is 1. The number of ether oxygens (including phenoxy) is 1. The lowest BCUT2D eigenvalue weighted by Crippen LogP contribution is -2.53. The highest BCUT2D eigenvalue weighted by molar-refractivity contribution is 7.13. The Morgan fingerprint density at radius 3 is 2.52 bits per heavy atom. The van der Waals surface area contributed by atoms with Gasteiger partial charge in [-0.2, -0.15) is 0 Å². The van der Waals surface area contributed by atoms with Crippen molar-refractivity contribution in [3.63, 3.8) is 0 Å². The third-order valence-corrected chi connectivity index (χ3v) is 6.52. The molecule has 1 aliphatic rings. The number of β-amino-alcohol motifs (C(OH)–C–C–N with tert-alkyl or cyclic N) is 1. The number of hydrogen-bond donors (Lipinski definition) is 3. The van der Waals surface area contributed by atoms with Gasteiger partial charge in [0, 0.05) is 24.9 Å². The van der Waals surface area contributed by atoms with Crippen LogP contribution < -0.4 is 11.1 Å². The summed E-state index contributed by atoms with van der Waals surface area (Å²) in [5, 5.41) is 13.0. The maximum absolute atomic E-state index is 13.1. The van der Waals surface area contributed by atoms with Crippen LogP contribution in [0.15, 0.2) is 29.8 Å². The zero-order chi connectivity index (χ0) is 24.3. The molecule has 0 spiro atoms. The summed E-state index contributed by atoms with van der Waals surface area (Å²) in [4.78, 5) is 44.0. The van der Waals surface area contributed by atoms with E-state index in [4.69, 9.17) is 10.5 Å². The Balaban J connectivity index is 1.67. The Bertz CT molecular complexity index is 1010. The van der Waals surface area contributed by atoms with Crippen LogP contribution in [-0.4, -0.2) is 57.7 Å². The average molecular weight is 475 g/mol. The van der Waals surface area contributed by atoms with Gasteiger partial charge >= 0.3 is 6.09 Å². The van der Waals surface area contributed by atoms with Crippen LogP contribution >= 0.6 is 11.3 Å². The SMILES string of the molecule is Cc1ncsc1-c1ccc(CNC(=O)[C@@H]2C[C@@H](O)CN2C(=O)C(OC(N)=O)C(C)(C)C)cc1. The van der Waals surface area contributed by atoms with Crippen LogP contribution in [0.4, 0.5) is 4.79 Å². The molecule has 1 aromatic heterocycles. The standard InChI is InChI=1S/C23H30N4O5S/c1-13-18(33-12-26-13)15-7-5-14(6-8-15)10-25-20(29)17-9-16(28)11-27(17)21(30)19(23(2,3)4)32-22(24)31/h5-8,12,16-17,19,28H,9-11H2,1-4H3,(H2,24,31)(H,25,29)/t16-,17+,19?/m1/s1. The van der Waals surface area contributed by atoms with Gasteiger partial charge in [0.1, 0.15) is 6.04 Å². The van der Waals surface area contributed by atoms with E-state index < -0.39 is 35.7 Å². The number of aryl methyl sites for hydroxylation is 1. The molecule has 4 N–H and O–H groups in total. The summed E-state index contributed by atoms with van der Waals surface area (Å²) >= 11 is 1.57. The number of aromatic nitrogens is 1. The fourth-order valence-corrected chi connectivity index (χ4v) is 4.64. The van der Waals surface area contributed by atoms with Crippen molar-refractivity contribution >= 4 is 29.2 Å². The second kappa shape index (κ2) is 9.88. The van der Waals surface area contributed by atoms with Crippen molar-refractivity contribution in [1.82, 2.24) is 15.2 Å². The Morgan fingerprint density at radius 1 is 1.30 bits per heavy atom. The molecule has 2 aromatic rings. The van der Waals surface area contributed by atoms with E-state index in [1.807, 2.05) is 31.2 Å². The van der Waals surface area contributed by atoms with Crippen molar-refractivity contribution < 1.29 is 24.2 Å². The molecular weight excluding hydrogens is 444 g/mol. The minimum absolute atomic E-state index is 0.0193. The number of carbonyl (C=O) groups excluding carboxylic acids is 3. The molecule has 0 bridgehead atoms. The van der Waals surface area contributed by atoms with Gasteiger partial charge in [-0.3, -0.25) is 9.59 Å². The summed E-state index contributed by atoms with van der Waals surface area (Å²) in [6, 6.07) is 6.95. The fraction of sp³-hybridized carbons (Fsp3) is 0.478. The number of carbonyl (C=O) groups is 3.